The number of carbonyl (C=O) groups is 3. The lowest BCUT2D eigenvalue weighted by atomic mass is 9.65. The first-order valence-electron chi connectivity index (χ1n) is 26.5. The number of rotatable bonds is 11. The zero-order valence-electron chi connectivity index (χ0n) is 41.6. The van der Waals surface area contributed by atoms with Crippen LogP contribution in [0.1, 0.15) is 86.6 Å². The minimum Gasteiger partial charge on any atom is -0.508 e. The van der Waals surface area contributed by atoms with E-state index >= 15 is 8.78 Å². The fraction of sp³-hybridized carbons (Fsp3) is 0.500. The summed E-state index contributed by atoms with van der Waals surface area (Å²) < 4.78 is 32.3. The predicted octanol–water partition coefficient (Wildman–Crippen LogP) is 7.77. The van der Waals surface area contributed by atoms with Gasteiger partial charge in [0.1, 0.15) is 28.6 Å². The molecule has 2 aromatic heterocycles. The molecule has 5 aliphatic heterocycles. The van der Waals surface area contributed by atoms with E-state index in [1.165, 1.54) is 54.8 Å². The highest BCUT2D eigenvalue weighted by Crippen LogP contribution is 2.48. The van der Waals surface area contributed by atoms with E-state index in [0.717, 1.165) is 90.9 Å². The number of aromatic nitrogens is 3. The molecule has 5 aromatic rings. The van der Waals surface area contributed by atoms with E-state index in [2.05, 4.69) is 41.6 Å². The summed E-state index contributed by atoms with van der Waals surface area (Å²) in [5.74, 6) is 2.29. The van der Waals surface area contributed by atoms with Crippen LogP contribution in [0.3, 0.4) is 0 Å². The maximum atomic E-state index is 17.2. The number of hydrogen-bond acceptors (Lipinski definition) is 12. The summed E-state index contributed by atoms with van der Waals surface area (Å²) in [5, 5.41) is 21.9. The van der Waals surface area contributed by atoms with Crippen molar-refractivity contribution in [2.45, 2.75) is 82.7 Å². The van der Waals surface area contributed by atoms with Gasteiger partial charge < -0.3 is 35.3 Å². The van der Waals surface area contributed by atoms with Crippen LogP contribution >= 0.6 is 11.6 Å². The average Bonchev–Trinajstić information content (AvgIpc) is 4.09. The van der Waals surface area contributed by atoms with Crippen molar-refractivity contribution in [2.75, 3.05) is 93.7 Å². The fourth-order valence-corrected chi connectivity index (χ4v) is 13.3. The standard InChI is InChI=1S/C56H62ClF2N11O4/c1-2-40-44(58)8-4-35-25-39(71)27-41(47(35)40)49-48(59)50-42(28-60-49)51(69-30-37-5-6-38(31-69)62-37)65-53(64-50)61-32-56(14-15-56)33-67-23-21-66(22-24-67)29-34-9-12-55(13-10-34)16-19-68(20-17-55)52(73)36-3-7-43(57)45(26-36)70-18-11-46(72)63-54(70)74/h1,3-4,7-8,25-28,34,37-38,62,71H,5-6,9-24,29-33H2,(H,61,64,65)(H,63,72,74). The van der Waals surface area contributed by atoms with Crippen LogP contribution in [-0.2, 0) is 4.79 Å². The third-order valence-corrected chi connectivity index (χ3v) is 17.9. The Morgan fingerprint density at radius 1 is 0.892 bits per heavy atom. The van der Waals surface area contributed by atoms with Gasteiger partial charge in [0.05, 0.1) is 21.7 Å². The smallest absolute Gasteiger partial charge is 0.328 e. The predicted molar refractivity (Wildman–Crippen MR) is 281 cm³/mol. The number of aromatic hydroxyl groups is 1. The Morgan fingerprint density at radius 3 is 2.35 bits per heavy atom. The van der Waals surface area contributed by atoms with Gasteiger partial charge in [-0.05, 0) is 117 Å². The molecule has 2 saturated carbocycles. The Morgan fingerprint density at radius 2 is 1.64 bits per heavy atom. The molecule has 1 spiro atoms. The number of amides is 4. The molecule has 0 radical (unpaired) electrons. The van der Waals surface area contributed by atoms with Gasteiger partial charge in [-0.3, -0.25) is 24.8 Å². The number of nitrogens with zero attached hydrogens (tertiary/aromatic N) is 8. The van der Waals surface area contributed by atoms with Crippen molar-refractivity contribution in [3.63, 3.8) is 0 Å². The molecular formula is C56H62ClF2N11O4. The number of anilines is 3. The number of urea groups is 1. The molecule has 15 nitrogen and oxygen atoms in total. The van der Waals surface area contributed by atoms with E-state index in [-0.39, 0.29) is 63.7 Å². The minimum atomic E-state index is -0.688. The molecule has 4 N–H and O–H groups in total. The third-order valence-electron chi connectivity index (χ3n) is 17.6. The van der Waals surface area contributed by atoms with Crippen LogP contribution in [-0.4, -0.2) is 143 Å². The maximum Gasteiger partial charge on any atom is 0.328 e. The van der Waals surface area contributed by atoms with E-state index in [1.54, 1.807) is 24.4 Å². The second-order valence-corrected chi connectivity index (χ2v) is 22.7. The van der Waals surface area contributed by atoms with Crippen molar-refractivity contribution >= 4 is 68.6 Å². The molecule has 18 heteroatoms. The zero-order chi connectivity index (χ0) is 50.9. The van der Waals surface area contributed by atoms with Crippen LogP contribution in [0.15, 0.2) is 48.7 Å². The highest BCUT2D eigenvalue weighted by atomic mass is 35.5. The van der Waals surface area contributed by atoms with Crippen molar-refractivity contribution in [1.29, 1.82) is 0 Å². The zero-order valence-corrected chi connectivity index (χ0v) is 42.3. The number of phenols is 1. The lowest BCUT2D eigenvalue weighted by molar-refractivity contribution is -0.120. The molecular weight excluding hydrogens is 964 g/mol. The monoisotopic (exact) mass is 1030 g/mol. The number of benzene rings is 3. The summed E-state index contributed by atoms with van der Waals surface area (Å²) >= 11 is 6.46. The molecule has 7 heterocycles. The summed E-state index contributed by atoms with van der Waals surface area (Å²) in [6, 6.07) is 10.8. The number of terminal acetylenes is 1. The van der Waals surface area contributed by atoms with Gasteiger partial charge >= 0.3 is 6.03 Å². The van der Waals surface area contributed by atoms with Gasteiger partial charge in [0.15, 0.2) is 5.82 Å². The van der Waals surface area contributed by atoms with Crippen LogP contribution < -0.4 is 25.8 Å². The Labute approximate surface area is 434 Å². The SMILES string of the molecule is C#Cc1c(F)ccc2cc(O)cc(-c3ncc4c(N5CC6CCC(C5)N6)nc(NCC5(CN6CCN(CC7CCC8(CC7)CCN(C(=O)c7ccc(Cl)c(N9CCC(=O)NC9=O)c7)CC8)CC6)CC5)nc4c3F)c12. The normalized spacial score (nSPS) is 23.1. The van der Waals surface area contributed by atoms with Gasteiger partial charge in [0.2, 0.25) is 11.9 Å². The summed E-state index contributed by atoms with van der Waals surface area (Å²) in [6.07, 6.45) is 18.7. The summed E-state index contributed by atoms with van der Waals surface area (Å²) in [7, 11) is 0. The van der Waals surface area contributed by atoms with Crippen molar-refractivity contribution < 1.29 is 28.3 Å². The topological polar surface area (TPSA) is 162 Å². The summed E-state index contributed by atoms with van der Waals surface area (Å²) in [6.45, 7) is 9.97. The third kappa shape index (κ3) is 9.47. The number of piperidine rings is 1. The van der Waals surface area contributed by atoms with Gasteiger partial charge in [-0.2, -0.15) is 4.98 Å². The second-order valence-electron chi connectivity index (χ2n) is 22.3. The molecule has 4 amide bonds. The molecule has 386 valence electrons. The summed E-state index contributed by atoms with van der Waals surface area (Å²) in [5.41, 5.74) is 1.47. The highest BCUT2D eigenvalue weighted by Gasteiger charge is 2.45. The molecule has 74 heavy (non-hydrogen) atoms. The molecule has 7 aliphatic rings. The first-order valence-corrected chi connectivity index (χ1v) is 26.9. The second kappa shape index (κ2) is 19.5. The number of phenolic OH excluding ortho intramolecular Hbond substituents is 1. The van der Waals surface area contributed by atoms with E-state index in [4.69, 9.17) is 28.0 Å². The average molecular weight is 1030 g/mol. The van der Waals surface area contributed by atoms with E-state index < -0.39 is 17.7 Å². The quantitative estimate of drug-likeness (QED) is 0.0954. The lowest BCUT2D eigenvalue weighted by Gasteiger charge is -2.47. The number of fused-ring (bicyclic) bond motifs is 4. The Balaban J connectivity index is 0.657. The van der Waals surface area contributed by atoms with Crippen LogP contribution in [0, 0.1) is 40.7 Å². The number of piperazine rings is 2. The molecule has 2 aliphatic carbocycles. The van der Waals surface area contributed by atoms with E-state index in [9.17, 15) is 19.5 Å². The first kappa shape index (κ1) is 48.7. The Kier molecular flexibility index (Phi) is 12.8. The van der Waals surface area contributed by atoms with E-state index in [0.29, 0.717) is 81.8 Å². The van der Waals surface area contributed by atoms with E-state index in [1.807, 2.05) is 4.90 Å². The molecule has 2 unspecified atom stereocenters. The molecule has 2 atom stereocenters. The van der Waals surface area contributed by atoms with Gasteiger partial charge in [-0.15, -0.1) is 6.42 Å². The lowest BCUT2D eigenvalue weighted by Crippen LogP contribution is -2.51. The largest absolute Gasteiger partial charge is 0.508 e. The maximum absolute atomic E-state index is 17.2. The van der Waals surface area contributed by atoms with Crippen molar-refractivity contribution in [3.8, 4) is 29.4 Å². The molecule has 3 aromatic carbocycles. The molecule has 12 rings (SSSR count). The fourth-order valence-electron chi connectivity index (χ4n) is 13.1. The number of hydrogen-bond donors (Lipinski definition) is 4. The number of carbonyl (C=O) groups excluding carboxylic acids is 3. The van der Waals surface area contributed by atoms with Crippen LogP contribution in [0.4, 0.5) is 31.0 Å². The number of pyridine rings is 1. The van der Waals surface area contributed by atoms with Crippen LogP contribution in [0.25, 0.3) is 32.9 Å². The van der Waals surface area contributed by atoms with Crippen LogP contribution in [0.5, 0.6) is 5.75 Å². The van der Waals surface area contributed by atoms with Crippen molar-refractivity contribution in [3.05, 3.63) is 76.4 Å². The Hall–Kier alpha value is -6.19. The summed E-state index contributed by atoms with van der Waals surface area (Å²) in [4.78, 5) is 63.3. The molecule has 7 fully saturated rings. The van der Waals surface area contributed by atoms with Crippen molar-refractivity contribution in [1.82, 2.24) is 40.3 Å². The van der Waals surface area contributed by atoms with Gasteiger partial charge in [0.25, 0.3) is 5.91 Å². The van der Waals surface area contributed by atoms with Crippen LogP contribution in [0.2, 0.25) is 5.02 Å². The molecule has 2 bridgehead atoms. The highest BCUT2D eigenvalue weighted by molar-refractivity contribution is 6.34. The van der Waals surface area contributed by atoms with Gasteiger partial charge in [-0.1, -0.05) is 23.6 Å². The minimum absolute atomic E-state index is 0.0255. The van der Waals surface area contributed by atoms with Crippen molar-refractivity contribution in [2.24, 2.45) is 16.7 Å². The number of halogens is 3. The molecule has 5 saturated heterocycles. The van der Waals surface area contributed by atoms with Gasteiger partial charge in [0, 0.05) is 125 Å². The number of nitrogens with one attached hydrogen (secondary N) is 3. The number of imide groups is 1. The number of likely N-dealkylation sites (tertiary alicyclic amines) is 1. The first-order chi connectivity index (χ1) is 35.8. The Bertz CT molecular complexity index is 3090. The van der Waals surface area contributed by atoms with Gasteiger partial charge in [-0.25, -0.2) is 18.6 Å².